The molecule has 0 radical (unpaired) electrons. The van der Waals surface area contributed by atoms with E-state index >= 15 is 0 Å². The molecule has 3 N–H and O–H groups in total. The number of benzene rings is 2. The molecule has 1 aliphatic rings. The van der Waals surface area contributed by atoms with Crippen molar-refractivity contribution in [3.8, 4) is 51.3 Å². The van der Waals surface area contributed by atoms with Crippen molar-refractivity contribution in [2.24, 2.45) is 0 Å². The van der Waals surface area contributed by atoms with Crippen molar-refractivity contribution in [1.29, 1.82) is 0 Å². The van der Waals surface area contributed by atoms with Gasteiger partial charge in [0.15, 0.2) is 23.0 Å². The standard InChI is InChI=1S/C17H16N3O7PS.Na.H/c1-23-11-4-3-9(5-12(11)27-28(21,22)29)15-16(19-20-18-15)10-6-13(24-2)17-14(7-10)25-8-26-17;;/h3-7H,8H2,1-2H3,(H,18,19,20)(H2,21,22,29);;/q;+1;-1. The third-order valence-corrected chi connectivity index (χ3v) is 4.79. The van der Waals surface area contributed by atoms with Crippen LogP contribution in [0, 0.1) is 0 Å². The second-order valence-electron chi connectivity index (χ2n) is 5.88. The van der Waals surface area contributed by atoms with E-state index in [0.717, 1.165) is 0 Å². The van der Waals surface area contributed by atoms with Crippen LogP contribution in [0.25, 0.3) is 22.5 Å². The molecular weight excluding hydrogens is 444 g/mol. The fraction of sp³-hybridized carbons (Fsp3) is 0.176. The SMILES string of the molecule is COc1ccc(-c2n[nH]nc2-c2cc(OC)c3c(c2)OCO3)cc1OP(O)(O)=S.[H-].[Na+]. The molecule has 2 heterocycles. The molecule has 0 aliphatic carbocycles. The van der Waals surface area contributed by atoms with E-state index in [0.29, 0.717) is 45.5 Å². The molecule has 1 aliphatic heterocycles. The van der Waals surface area contributed by atoms with Gasteiger partial charge in [-0.05, 0) is 30.3 Å². The Labute approximate surface area is 200 Å². The second kappa shape index (κ2) is 9.11. The Morgan fingerprint density at radius 2 is 1.67 bits per heavy atom. The maximum Gasteiger partial charge on any atom is 1.00 e. The van der Waals surface area contributed by atoms with Crippen LogP contribution >= 0.6 is 6.72 Å². The van der Waals surface area contributed by atoms with Gasteiger partial charge in [-0.25, -0.2) is 0 Å². The minimum absolute atomic E-state index is 0. The number of nitrogens with one attached hydrogen (secondary N) is 1. The van der Waals surface area contributed by atoms with Crippen molar-refractivity contribution < 1.29 is 64.2 Å². The quantitative estimate of drug-likeness (QED) is 0.329. The third kappa shape index (κ3) is 4.57. The van der Waals surface area contributed by atoms with E-state index in [-0.39, 0.29) is 43.5 Å². The summed E-state index contributed by atoms with van der Waals surface area (Å²) in [5.74, 6) is 1.94. The monoisotopic (exact) mass is 461 g/mol. The molecule has 0 saturated carbocycles. The molecule has 0 fully saturated rings. The van der Waals surface area contributed by atoms with Crippen LogP contribution in [0.15, 0.2) is 30.3 Å². The average molecular weight is 461 g/mol. The van der Waals surface area contributed by atoms with Crippen molar-refractivity contribution >= 4 is 18.5 Å². The number of fused-ring (bicyclic) bond motifs is 1. The van der Waals surface area contributed by atoms with E-state index < -0.39 is 6.72 Å². The molecule has 4 rings (SSSR count). The smallest absolute Gasteiger partial charge is 1.00 e. The van der Waals surface area contributed by atoms with Gasteiger partial charge in [-0.1, -0.05) is 0 Å². The predicted molar refractivity (Wildman–Crippen MR) is 107 cm³/mol. The number of nitrogens with zero attached hydrogens (tertiary/aromatic N) is 2. The number of aromatic nitrogens is 3. The summed E-state index contributed by atoms with van der Waals surface area (Å²) in [5.41, 5.74) is 2.28. The molecular formula is C17H17N3NaO7PS. The fourth-order valence-corrected chi connectivity index (χ4v) is 3.56. The Kier molecular flexibility index (Phi) is 6.93. The molecule has 0 unspecified atom stereocenters. The van der Waals surface area contributed by atoms with Crippen LogP contribution in [-0.2, 0) is 11.8 Å². The van der Waals surface area contributed by atoms with E-state index in [1.165, 1.54) is 20.3 Å². The summed E-state index contributed by atoms with van der Waals surface area (Å²) in [7, 11) is 2.96. The topological polar surface area (TPSA) is 128 Å². The van der Waals surface area contributed by atoms with Crippen LogP contribution < -0.4 is 53.0 Å². The Hall–Kier alpha value is -1.85. The summed E-state index contributed by atoms with van der Waals surface area (Å²) in [6.07, 6.45) is 0. The predicted octanol–water partition coefficient (Wildman–Crippen LogP) is -0.411. The summed E-state index contributed by atoms with van der Waals surface area (Å²) in [6, 6.07) is 8.41. The molecule has 0 bridgehead atoms. The van der Waals surface area contributed by atoms with E-state index in [4.69, 9.17) is 23.5 Å². The van der Waals surface area contributed by atoms with Gasteiger partial charge in [0.1, 0.15) is 11.4 Å². The van der Waals surface area contributed by atoms with Crippen LogP contribution in [-0.4, -0.2) is 46.2 Å². The first kappa shape index (κ1) is 22.8. The van der Waals surface area contributed by atoms with Gasteiger partial charge in [-0.3, -0.25) is 0 Å². The summed E-state index contributed by atoms with van der Waals surface area (Å²) >= 11 is 4.56. The molecule has 3 aromatic rings. The number of hydrogen-bond acceptors (Lipinski definition) is 8. The number of rotatable bonds is 6. The molecule has 154 valence electrons. The van der Waals surface area contributed by atoms with Crippen LogP contribution in [0.1, 0.15) is 1.43 Å². The van der Waals surface area contributed by atoms with Gasteiger partial charge in [-0.2, -0.15) is 15.4 Å². The van der Waals surface area contributed by atoms with Gasteiger partial charge in [0.2, 0.25) is 12.5 Å². The third-order valence-electron chi connectivity index (χ3n) is 4.13. The number of ether oxygens (including phenoxy) is 4. The van der Waals surface area contributed by atoms with Crippen molar-refractivity contribution in [2.75, 3.05) is 21.0 Å². The molecule has 1 aromatic heterocycles. The zero-order valence-corrected chi connectivity index (χ0v) is 20.0. The van der Waals surface area contributed by atoms with Crippen LogP contribution in [0.3, 0.4) is 0 Å². The number of hydrogen-bond donors (Lipinski definition) is 3. The van der Waals surface area contributed by atoms with Crippen molar-refractivity contribution in [1.82, 2.24) is 15.4 Å². The Morgan fingerprint density at radius 3 is 2.33 bits per heavy atom. The maximum absolute atomic E-state index is 9.52. The van der Waals surface area contributed by atoms with Crippen molar-refractivity contribution in [3.05, 3.63) is 30.3 Å². The van der Waals surface area contributed by atoms with E-state index in [1.807, 2.05) is 0 Å². The van der Waals surface area contributed by atoms with Gasteiger partial charge in [0.05, 0.1) is 14.2 Å². The average Bonchev–Trinajstić information content (AvgIpc) is 3.35. The van der Waals surface area contributed by atoms with Gasteiger partial charge in [-0.15, -0.1) is 0 Å². The van der Waals surface area contributed by atoms with Gasteiger partial charge < -0.3 is 34.7 Å². The molecule has 10 nitrogen and oxygen atoms in total. The molecule has 0 atom stereocenters. The summed E-state index contributed by atoms with van der Waals surface area (Å²) in [6.45, 7) is -3.85. The number of aromatic amines is 1. The fourth-order valence-electron chi connectivity index (χ4n) is 2.92. The molecule has 0 spiro atoms. The Balaban J connectivity index is 0.00000171. The van der Waals surface area contributed by atoms with Crippen molar-refractivity contribution in [2.45, 2.75) is 0 Å². The van der Waals surface area contributed by atoms with Crippen LogP contribution in [0.4, 0.5) is 0 Å². The summed E-state index contributed by atoms with van der Waals surface area (Å²) in [4.78, 5) is 19.0. The summed E-state index contributed by atoms with van der Waals surface area (Å²) in [5, 5.41) is 11.1. The number of H-pyrrole nitrogens is 1. The van der Waals surface area contributed by atoms with Gasteiger partial charge >= 0.3 is 36.3 Å². The van der Waals surface area contributed by atoms with Gasteiger partial charge in [0, 0.05) is 22.9 Å². The normalized spacial score (nSPS) is 12.3. The first-order valence-electron chi connectivity index (χ1n) is 8.22. The van der Waals surface area contributed by atoms with E-state index in [9.17, 15) is 9.79 Å². The Bertz CT molecular complexity index is 1130. The van der Waals surface area contributed by atoms with Crippen LogP contribution in [0.5, 0.6) is 28.7 Å². The first-order valence-corrected chi connectivity index (χ1v) is 10.8. The first-order chi connectivity index (χ1) is 13.9. The minimum atomic E-state index is -3.95. The molecule has 0 amide bonds. The zero-order chi connectivity index (χ0) is 20.6. The van der Waals surface area contributed by atoms with Crippen LogP contribution in [0.2, 0.25) is 0 Å². The van der Waals surface area contributed by atoms with E-state index in [2.05, 4.69) is 27.2 Å². The maximum atomic E-state index is 9.52. The minimum Gasteiger partial charge on any atom is -1.00 e. The zero-order valence-electron chi connectivity index (χ0n) is 17.3. The molecule has 2 aromatic carbocycles. The molecule has 13 heteroatoms. The number of methoxy groups -OCH3 is 2. The van der Waals surface area contributed by atoms with Crippen molar-refractivity contribution in [3.63, 3.8) is 0 Å². The Morgan fingerprint density at radius 1 is 1.00 bits per heavy atom. The molecule has 0 saturated heterocycles. The second-order valence-corrected chi connectivity index (χ2v) is 8.47. The van der Waals surface area contributed by atoms with Gasteiger partial charge in [0.25, 0.3) is 0 Å². The molecule has 30 heavy (non-hydrogen) atoms. The van der Waals surface area contributed by atoms with E-state index in [1.54, 1.807) is 24.3 Å². The summed E-state index contributed by atoms with van der Waals surface area (Å²) < 4.78 is 26.6. The largest absolute Gasteiger partial charge is 1.00 e.